The van der Waals surface area contributed by atoms with E-state index in [1.54, 1.807) is 12.1 Å². The molecule has 0 aromatic heterocycles. The highest BCUT2D eigenvalue weighted by Gasteiger charge is 2.07. The molecule has 1 aromatic carbocycles. The van der Waals surface area contributed by atoms with Crippen molar-refractivity contribution in [3.05, 3.63) is 29.8 Å². The minimum atomic E-state index is -3.57. The van der Waals surface area contributed by atoms with Gasteiger partial charge in [-0.15, -0.1) is 0 Å². The van der Waals surface area contributed by atoms with Crippen LogP contribution in [0.5, 0.6) is 0 Å². The Balaban J connectivity index is 2.82. The monoisotopic (exact) mass is 228 g/mol. The molecule has 0 radical (unpaired) electrons. The summed E-state index contributed by atoms with van der Waals surface area (Å²) in [5, 5.41) is 8.11. The minimum absolute atomic E-state index is 0.156. The molecule has 0 saturated carbocycles. The first-order valence-electron chi connectivity index (χ1n) is 4.72. The Morgan fingerprint density at radius 1 is 1.33 bits per heavy atom. The molecule has 0 spiro atoms. The van der Waals surface area contributed by atoms with Gasteiger partial charge >= 0.3 is 0 Å². The molecule has 3 N–H and O–H groups in total. The van der Waals surface area contributed by atoms with Crippen LogP contribution < -0.4 is 10.5 Å². The molecule has 1 unspecified atom stereocenters. The van der Waals surface area contributed by atoms with Crippen molar-refractivity contribution in [1.29, 1.82) is 0 Å². The van der Waals surface area contributed by atoms with Gasteiger partial charge in [0.2, 0.25) is 10.0 Å². The summed E-state index contributed by atoms with van der Waals surface area (Å²) in [6.45, 7) is 2.06. The van der Waals surface area contributed by atoms with Gasteiger partial charge in [-0.2, -0.15) is 0 Å². The van der Waals surface area contributed by atoms with Crippen molar-refractivity contribution in [2.24, 2.45) is 5.14 Å². The number of sulfonamides is 1. The smallest absolute Gasteiger partial charge is 0.238 e. The van der Waals surface area contributed by atoms with E-state index in [0.29, 0.717) is 6.04 Å². The van der Waals surface area contributed by atoms with Gasteiger partial charge in [0.25, 0.3) is 0 Å². The van der Waals surface area contributed by atoms with Gasteiger partial charge in [-0.1, -0.05) is 12.1 Å². The molecule has 1 aromatic rings. The highest BCUT2D eigenvalue weighted by molar-refractivity contribution is 7.89. The summed E-state index contributed by atoms with van der Waals surface area (Å²) in [5.41, 5.74) is 1.09. The number of benzene rings is 1. The molecule has 0 heterocycles. The van der Waals surface area contributed by atoms with Gasteiger partial charge in [-0.05, 0) is 38.1 Å². The van der Waals surface area contributed by atoms with Crippen LogP contribution in [-0.2, 0) is 16.4 Å². The van der Waals surface area contributed by atoms with Gasteiger partial charge in [0.1, 0.15) is 0 Å². The lowest BCUT2D eigenvalue weighted by Gasteiger charge is -2.09. The highest BCUT2D eigenvalue weighted by atomic mass is 32.2. The lowest BCUT2D eigenvalue weighted by Crippen LogP contribution is -2.23. The van der Waals surface area contributed by atoms with E-state index in [2.05, 4.69) is 12.2 Å². The molecule has 0 fully saturated rings. The van der Waals surface area contributed by atoms with E-state index < -0.39 is 10.0 Å². The van der Waals surface area contributed by atoms with Gasteiger partial charge in [-0.3, -0.25) is 0 Å². The van der Waals surface area contributed by atoms with Crippen LogP contribution in [0.3, 0.4) is 0 Å². The molecule has 1 rings (SSSR count). The number of nitrogens with two attached hydrogens (primary N) is 1. The normalized spacial score (nSPS) is 13.8. The number of hydrogen-bond acceptors (Lipinski definition) is 3. The number of hydrogen-bond donors (Lipinski definition) is 2. The fraction of sp³-hybridized carbons (Fsp3) is 0.400. The van der Waals surface area contributed by atoms with Crippen molar-refractivity contribution in [1.82, 2.24) is 5.32 Å². The van der Waals surface area contributed by atoms with E-state index in [9.17, 15) is 8.42 Å². The summed E-state index contributed by atoms with van der Waals surface area (Å²) in [5.74, 6) is 0. The first-order chi connectivity index (χ1) is 6.93. The van der Waals surface area contributed by atoms with Gasteiger partial charge in [0, 0.05) is 6.04 Å². The Bertz CT molecular complexity index is 412. The maximum atomic E-state index is 11.0. The maximum absolute atomic E-state index is 11.0. The summed E-state index contributed by atoms with van der Waals surface area (Å²) in [6.07, 6.45) is 0.862. The Morgan fingerprint density at radius 3 is 2.27 bits per heavy atom. The number of likely N-dealkylation sites (N-methyl/N-ethyl adjacent to an activating group) is 1. The molecule has 1 atom stereocenters. The number of nitrogens with one attached hydrogen (secondary N) is 1. The quantitative estimate of drug-likeness (QED) is 0.787. The molecule has 0 aliphatic rings. The van der Waals surface area contributed by atoms with Crippen molar-refractivity contribution < 1.29 is 8.42 Å². The second-order valence-electron chi connectivity index (χ2n) is 3.58. The molecular weight excluding hydrogens is 212 g/mol. The number of primary sulfonamides is 1. The molecule has 0 aliphatic carbocycles. The zero-order chi connectivity index (χ0) is 11.5. The Morgan fingerprint density at radius 2 is 1.87 bits per heavy atom. The molecule has 15 heavy (non-hydrogen) atoms. The molecule has 0 aliphatic heterocycles. The number of rotatable bonds is 4. The lowest BCUT2D eigenvalue weighted by molar-refractivity contribution is 0.597. The van der Waals surface area contributed by atoms with Crippen molar-refractivity contribution in [2.75, 3.05) is 7.05 Å². The van der Waals surface area contributed by atoms with Gasteiger partial charge in [0.15, 0.2) is 0 Å². The van der Waals surface area contributed by atoms with Crippen LogP contribution in [0, 0.1) is 0 Å². The van der Waals surface area contributed by atoms with Crippen LogP contribution in [0.15, 0.2) is 29.2 Å². The van der Waals surface area contributed by atoms with Crippen LogP contribution in [-0.4, -0.2) is 21.5 Å². The average molecular weight is 228 g/mol. The zero-order valence-electron chi connectivity index (χ0n) is 8.90. The zero-order valence-corrected chi connectivity index (χ0v) is 9.71. The van der Waals surface area contributed by atoms with E-state index in [4.69, 9.17) is 5.14 Å². The second-order valence-corrected chi connectivity index (χ2v) is 5.14. The lowest BCUT2D eigenvalue weighted by atomic mass is 10.1. The highest BCUT2D eigenvalue weighted by Crippen LogP contribution is 2.10. The summed E-state index contributed by atoms with van der Waals surface area (Å²) < 4.78 is 22.0. The van der Waals surface area contributed by atoms with Gasteiger partial charge in [0.05, 0.1) is 4.90 Å². The fourth-order valence-corrected chi connectivity index (χ4v) is 1.79. The van der Waals surface area contributed by atoms with Crippen LogP contribution in [0.25, 0.3) is 0 Å². The topological polar surface area (TPSA) is 72.2 Å². The van der Waals surface area contributed by atoms with Crippen LogP contribution in [0.1, 0.15) is 12.5 Å². The largest absolute Gasteiger partial charge is 0.317 e. The van der Waals surface area contributed by atoms with Gasteiger partial charge < -0.3 is 5.32 Å². The third kappa shape index (κ3) is 3.62. The van der Waals surface area contributed by atoms with E-state index in [1.165, 1.54) is 12.1 Å². The van der Waals surface area contributed by atoms with E-state index in [-0.39, 0.29) is 4.90 Å². The Labute approximate surface area is 90.5 Å². The Kier molecular flexibility index (Phi) is 3.84. The van der Waals surface area contributed by atoms with Crippen LogP contribution >= 0.6 is 0 Å². The predicted octanol–water partition coefficient (Wildman–Crippen LogP) is 0.484. The van der Waals surface area contributed by atoms with E-state index >= 15 is 0 Å². The van der Waals surface area contributed by atoms with Gasteiger partial charge in [-0.25, -0.2) is 13.6 Å². The standard InChI is InChI=1S/C10H16N2O2S/c1-8(12-2)7-9-3-5-10(6-4-9)15(11,13)14/h3-6,8,12H,7H2,1-2H3,(H2,11,13,14). The van der Waals surface area contributed by atoms with Crippen molar-refractivity contribution in [2.45, 2.75) is 24.3 Å². The molecule has 84 valence electrons. The molecule has 4 nitrogen and oxygen atoms in total. The molecule has 0 saturated heterocycles. The summed E-state index contributed by atoms with van der Waals surface area (Å²) in [6, 6.07) is 7.01. The molecule has 0 bridgehead atoms. The third-order valence-corrected chi connectivity index (χ3v) is 3.22. The van der Waals surface area contributed by atoms with Crippen molar-refractivity contribution in [3.8, 4) is 0 Å². The maximum Gasteiger partial charge on any atom is 0.238 e. The SMILES string of the molecule is CNC(C)Cc1ccc(S(N)(=O)=O)cc1. The average Bonchev–Trinajstić information content (AvgIpc) is 2.17. The van der Waals surface area contributed by atoms with E-state index in [0.717, 1.165) is 12.0 Å². The predicted molar refractivity (Wildman–Crippen MR) is 60.0 cm³/mol. The molecular formula is C10H16N2O2S. The van der Waals surface area contributed by atoms with Crippen LogP contribution in [0.2, 0.25) is 0 Å². The molecule has 5 heteroatoms. The third-order valence-electron chi connectivity index (χ3n) is 2.29. The first-order valence-corrected chi connectivity index (χ1v) is 6.27. The second kappa shape index (κ2) is 4.74. The Hall–Kier alpha value is -0.910. The summed E-state index contributed by atoms with van der Waals surface area (Å²) >= 11 is 0. The van der Waals surface area contributed by atoms with Crippen LogP contribution in [0.4, 0.5) is 0 Å². The summed E-state index contributed by atoms with van der Waals surface area (Å²) in [7, 11) is -1.68. The van der Waals surface area contributed by atoms with Crippen molar-refractivity contribution >= 4 is 10.0 Å². The van der Waals surface area contributed by atoms with Crippen molar-refractivity contribution in [3.63, 3.8) is 0 Å². The minimum Gasteiger partial charge on any atom is -0.317 e. The van der Waals surface area contributed by atoms with E-state index in [1.807, 2.05) is 7.05 Å². The molecule has 0 amide bonds. The summed E-state index contributed by atoms with van der Waals surface area (Å²) in [4.78, 5) is 0.156. The fourth-order valence-electron chi connectivity index (χ4n) is 1.27. The first kappa shape index (κ1) is 12.2.